The Balaban J connectivity index is 0.00000147. The second kappa shape index (κ2) is 7.11. The van der Waals surface area contributed by atoms with Gasteiger partial charge in [-0.15, -0.1) is 24.0 Å². The van der Waals surface area contributed by atoms with Crippen LogP contribution in [0.1, 0.15) is 37.2 Å². The SMILES string of the molecule is I.NC(=NC1CC1c1ccc(Br)cc1)N1CCCCC1. The average Bonchev–Trinajstić information content (AvgIpc) is 3.20. The van der Waals surface area contributed by atoms with Gasteiger partial charge >= 0.3 is 0 Å². The lowest BCUT2D eigenvalue weighted by molar-refractivity contribution is 0.338. The molecule has 2 N–H and O–H groups in total. The first-order chi connectivity index (χ1) is 9.24. The predicted octanol–water partition coefficient (Wildman–Crippen LogP) is 3.72. The van der Waals surface area contributed by atoms with E-state index in [4.69, 9.17) is 10.7 Å². The van der Waals surface area contributed by atoms with E-state index in [-0.39, 0.29) is 24.0 Å². The zero-order valence-corrected chi connectivity index (χ0v) is 15.4. The minimum Gasteiger partial charge on any atom is -0.370 e. The molecule has 1 aromatic carbocycles. The van der Waals surface area contributed by atoms with Gasteiger partial charge in [-0.05, 0) is 43.4 Å². The molecule has 2 unspecified atom stereocenters. The molecule has 1 aliphatic heterocycles. The quantitative estimate of drug-likeness (QED) is 0.424. The fourth-order valence-corrected chi connectivity index (χ4v) is 3.03. The molecule has 1 aliphatic carbocycles. The molecule has 2 atom stereocenters. The lowest BCUT2D eigenvalue weighted by atomic mass is 10.1. The van der Waals surface area contributed by atoms with E-state index in [1.165, 1.54) is 24.8 Å². The third-order valence-electron chi connectivity index (χ3n) is 4.03. The van der Waals surface area contributed by atoms with Crippen molar-refractivity contribution in [3.8, 4) is 0 Å². The molecule has 5 heteroatoms. The summed E-state index contributed by atoms with van der Waals surface area (Å²) >= 11 is 3.47. The zero-order chi connectivity index (χ0) is 13.2. The molecule has 0 aromatic heterocycles. The first-order valence-corrected chi connectivity index (χ1v) is 7.87. The highest BCUT2D eigenvalue weighted by molar-refractivity contribution is 14.0. The lowest BCUT2D eigenvalue weighted by Crippen LogP contribution is -2.41. The smallest absolute Gasteiger partial charge is 0.191 e. The molecule has 1 saturated heterocycles. The number of aliphatic imine (C=N–C) groups is 1. The molecular weight excluding hydrogens is 429 g/mol. The number of nitrogens with two attached hydrogens (primary N) is 1. The second-order valence-electron chi connectivity index (χ2n) is 5.50. The Hall–Kier alpha value is -0.300. The Labute approximate surface area is 146 Å². The van der Waals surface area contributed by atoms with Crippen molar-refractivity contribution in [2.75, 3.05) is 13.1 Å². The van der Waals surface area contributed by atoms with E-state index in [1.807, 2.05) is 0 Å². The van der Waals surface area contributed by atoms with Gasteiger partial charge in [-0.1, -0.05) is 28.1 Å². The van der Waals surface area contributed by atoms with Crippen LogP contribution in [0, 0.1) is 0 Å². The number of hydrogen-bond donors (Lipinski definition) is 1. The van der Waals surface area contributed by atoms with Gasteiger partial charge < -0.3 is 10.6 Å². The van der Waals surface area contributed by atoms with Crippen LogP contribution in [0.4, 0.5) is 0 Å². The van der Waals surface area contributed by atoms with E-state index in [1.54, 1.807) is 0 Å². The first kappa shape index (κ1) is 16.1. The highest BCUT2D eigenvalue weighted by atomic mass is 127. The van der Waals surface area contributed by atoms with Gasteiger partial charge in [-0.25, -0.2) is 4.99 Å². The summed E-state index contributed by atoms with van der Waals surface area (Å²) in [5.74, 6) is 1.32. The molecule has 0 spiro atoms. The first-order valence-electron chi connectivity index (χ1n) is 7.08. The number of rotatable bonds is 2. The fraction of sp³-hybridized carbons (Fsp3) is 0.533. The molecule has 110 valence electrons. The van der Waals surface area contributed by atoms with Crippen LogP contribution in [0.2, 0.25) is 0 Å². The maximum absolute atomic E-state index is 6.12. The van der Waals surface area contributed by atoms with Crippen molar-refractivity contribution in [1.82, 2.24) is 4.90 Å². The molecule has 0 bridgehead atoms. The average molecular weight is 450 g/mol. The van der Waals surface area contributed by atoms with Crippen LogP contribution in [0.25, 0.3) is 0 Å². The minimum atomic E-state index is 0. The largest absolute Gasteiger partial charge is 0.370 e. The summed E-state index contributed by atoms with van der Waals surface area (Å²) in [5, 5.41) is 0. The highest BCUT2D eigenvalue weighted by Crippen LogP contribution is 2.43. The molecule has 2 fully saturated rings. The summed E-state index contributed by atoms with van der Waals surface area (Å²) < 4.78 is 1.13. The topological polar surface area (TPSA) is 41.6 Å². The number of guanidine groups is 1. The number of hydrogen-bond acceptors (Lipinski definition) is 1. The molecule has 1 aromatic rings. The summed E-state index contributed by atoms with van der Waals surface area (Å²) in [7, 11) is 0. The summed E-state index contributed by atoms with van der Waals surface area (Å²) in [6.45, 7) is 2.15. The van der Waals surface area contributed by atoms with E-state index in [0.717, 1.165) is 29.9 Å². The number of likely N-dealkylation sites (tertiary alicyclic amines) is 1. The van der Waals surface area contributed by atoms with Crippen LogP contribution in [-0.4, -0.2) is 30.0 Å². The molecule has 1 saturated carbocycles. The summed E-state index contributed by atoms with van der Waals surface area (Å²) in [6, 6.07) is 8.95. The summed E-state index contributed by atoms with van der Waals surface area (Å²) in [5.41, 5.74) is 7.50. The molecular formula is C15H21BrIN3. The van der Waals surface area contributed by atoms with Crippen LogP contribution in [-0.2, 0) is 0 Å². The van der Waals surface area contributed by atoms with E-state index >= 15 is 0 Å². The van der Waals surface area contributed by atoms with Gasteiger partial charge in [0, 0.05) is 23.5 Å². The van der Waals surface area contributed by atoms with E-state index in [9.17, 15) is 0 Å². The molecule has 20 heavy (non-hydrogen) atoms. The summed E-state index contributed by atoms with van der Waals surface area (Å²) in [4.78, 5) is 6.94. The van der Waals surface area contributed by atoms with Gasteiger partial charge in [0.2, 0.25) is 0 Å². The Morgan fingerprint density at radius 2 is 1.80 bits per heavy atom. The third kappa shape index (κ3) is 3.87. The van der Waals surface area contributed by atoms with Crippen molar-refractivity contribution in [3.05, 3.63) is 34.3 Å². The zero-order valence-electron chi connectivity index (χ0n) is 11.5. The number of nitrogens with zero attached hydrogens (tertiary/aromatic N) is 2. The Kier molecular flexibility index (Phi) is 5.72. The van der Waals surface area contributed by atoms with Gasteiger partial charge in [-0.3, -0.25) is 0 Å². The van der Waals surface area contributed by atoms with Gasteiger partial charge in [-0.2, -0.15) is 0 Å². The predicted molar refractivity (Wildman–Crippen MR) is 97.7 cm³/mol. The van der Waals surface area contributed by atoms with Crippen molar-refractivity contribution >= 4 is 45.9 Å². The van der Waals surface area contributed by atoms with Crippen molar-refractivity contribution < 1.29 is 0 Å². The highest BCUT2D eigenvalue weighted by Gasteiger charge is 2.38. The van der Waals surface area contributed by atoms with Crippen LogP contribution in [0.3, 0.4) is 0 Å². The van der Waals surface area contributed by atoms with Crippen LogP contribution in [0.15, 0.2) is 33.7 Å². The van der Waals surface area contributed by atoms with Crippen LogP contribution in [0.5, 0.6) is 0 Å². The van der Waals surface area contributed by atoms with Crippen LogP contribution < -0.4 is 5.73 Å². The maximum atomic E-state index is 6.12. The Morgan fingerprint density at radius 1 is 1.15 bits per heavy atom. The van der Waals surface area contributed by atoms with E-state index < -0.39 is 0 Å². The van der Waals surface area contributed by atoms with E-state index in [0.29, 0.717) is 12.0 Å². The van der Waals surface area contributed by atoms with E-state index in [2.05, 4.69) is 45.1 Å². The fourth-order valence-electron chi connectivity index (χ4n) is 2.77. The van der Waals surface area contributed by atoms with Crippen molar-refractivity contribution in [1.29, 1.82) is 0 Å². The standard InChI is InChI=1S/C15H20BrN3.HI/c16-12-6-4-11(5-7-12)13-10-14(13)18-15(17)19-8-2-1-3-9-19;/h4-7,13-14H,1-3,8-10H2,(H2,17,18);1H. The normalized spacial score (nSPS) is 26.1. The molecule has 0 radical (unpaired) electrons. The Morgan fingerprint density at radius 3 is 2.45 bits per heavy atom. The van der Waals surface area contributed by atoms with Crippen molar-refractivity contribution in [3.63, 3.8) is 0 Å². The minimum absolute atomic E-state index is 0. The number of halogens is 2. The number of benzene rings is 1. The summed E-state index contributed by atoms with van der Waals surface area (Å²) in [6.07, 6.45) is 4.96. The van der Waals surface area contributed by atoms with Crippen LogP contribution >= 0.6 is 39.9 Å². The van der Waals surface area contributed by atoms with Gasteiger partial charge in [0.1, 0.15) is 0 Å². The third-order valence-corrected chi connectivity index (χ3v) is 4.56. The van der Waals surface area contributed by atoms with Crippen molar-refractivity contribution in [2.45, 2.75) is 37.6 Å². The molecule has 0 amide bonds. The molecule has 3 rings (SSSR count). The van der Waals surface area contributed by atoms with Gasteiger partial charge in [0.25, 0.3) is 0 Å². The number of piperidine rings is 1. The molecule has 2 aliphatic rings. The molecule has 1 heterocycles. The maximum Gasteiger partial charge on any atom is 0.191 e. The van der Waals surface area contributed by atoms with Gasteiger partial charge in [0.15, 0.2) is 5.96 Å². The Bertz CT molecular complexity index is 469. The lowest BCUT2D eigenvalue weighted by Gasteiger charge is -2.27. The molecule has 3 nitrogen and oxygen atoms in total. The van der Waals surface area contributed by atoms with Crippen molar-refractivity contribution in [2.24, 2.45) is 10.7 Å². The monoisotopic (exact) mass is 449 g/mol. The second-order valence-corrected chi connectivity index (χ2v) is 6.41. The van der Waals surface area contributed by atoms with Gasteiger partial charge in [0.05, 0.1) is 6.04 Å².